The summed E-state index contributed by atoms with van der Waals surface area (Å²) in [4.78, 5) is 24.6. The predicted octanol–water partition coefficient (Wildman–Crippen LogP) is 2.16. The van der Waals surface area contributed by atoms with Crippen LogP contribution in [-0.2, 0) is 9.59 Å². The summed E-state index contributed by atoms with van der Waals surface area (Å²) in [6.45, 7) is 0.581. The van der Waals surface area contributed by atoms with E-state index in [-0.39, 0.29) is 12.7 Å². The fourth-order valence-corrected chi connectivity index (χ4v) is 2.91. The molecule has 0 spiro atoms. The summed E-state index contributed by atoms with van der Waals surface area (Å²) in [7, 11) is 0. The van der Waals surface area contributed by atoms with Crippen LogP contribution >= 0.6 is 11.6 Å². The largest absolute Gasteiger partial charge is 0.480 e. The van der Waals surface area contributed by atoms with Crippen LogP contribution in [0.1, 0.15) is 18.4 Å². The Balaban J connectivity index is 1.75. The van der Waals surface area contributed by atoms with E-state index in [9.17, 15) is 9.59 Å². The highest BCUT2D eigenvalue weighted by atomic mass is 35.5. The Morgan fingerprint density at radius 2 is 2.18 bits per heavy atom. The van der Waals surface area contributed by atoms with Gasteiger partial charge in [0.25, 0.3) is 0 Å². The standard InChI is InChI=1S/C15H14ClNO5/c16-10-6-9(7-12-14(10)22-8-21-12)3-4-13(18)17-5-1-2-11(17)15(19)20/h3-4,6-7,11H,1-2,5,8H2,(H,19,20). The summed E-state index contributed by atoms with van der Waals surface area (Å²) in [5.74, 6) is -0.260. The zero-order chi connectivity index (χ0) is 15.7. The molecule has 6 nitrogen and oxygen atoms in total. The van der Waals surface area contributed by atoms with E-state index >= 15 is 0 Å². The fourth-order valence-electron chi connectivity index (χ4n) is 2.63. The molecule has 1 saturated heterocycles. The zero-order valence-electron chi connectivity index (χ0n) is 11.6. The summed E-state index contributed by atoms with van der Waals surface area (Å²) in [5.41, 5.74) is 0.689. The van der Waals surface area contributed by atoms with Crippen LogP contribution in [0.4, 0.5) is 0 Å². The number of rotatable bonds is 3. The van der Waals surface area contributed by atoms with Gasteiger partial charge in [-0.2, -0.15) is 0 Å². The molecule has 1 aromatic carbocycles. The highest BCUT2D eigenvalue weighted by molar-refractivity contribution is 6.32. The Morgan fingerprint density at radius 3 is 2.95 bits per heavy atom. The number of ether oxygens (including phenoxy) is 2. The van der Waals surface area contributed by atoms with Gasteiger partial charge in [0.1, 0.15) is 6.04 Å². The van der Waals surface area contributed by atoms with E-state index in [2.05, 4.69) is 0 Å². The van der Waals surface area contributed by atoms with Crippen molar-refractivity contribution in [1.82, 2.24) is 4.90 Å². The van der Waals surface area contributed by atoms with Crippen molar-refractivity contribution in [3.63, 3.8) is 0 Å². The van der Waals surface area contributed by atoms with Crippen molar-refractivity contribution in [3.8, 4) is 11.5 Å². The summed E-state index contributed by atoms with van der Waals surface area (Å²) >= 11 is 6.07. The topological polar surface area (TPSA) is 76.1 Å². The van der Waals surface area contributed by atoms with Gasteiger partial charge in [-0.1, -0.05) is 11.6 Å². The molecular weight excluding hydrogens is 310 g/mol. The van der Waals surface area contributed by atoms with Crippen molar-refractivity contribution >= 4 is 29.6 Å². The van der Waals surface area contributed by atoms with Gasteiger partial charge in [0.05, 0.1) is 5.02 Å². The minimum Gasteiger partial charge on any atom is -0.480 e. The van der Waals surface area contributed by atoms with Crippen molar-refractivity contribution in [2.24, 2.45) is 0 Å². The molecule has 1 aromatic rings. The highest BCUT2D eigenvalue weighted by Gasteiger charge is 2.32. The number of benzene rings is 1. The summed E-state index contributed by atoms with van der Waals surface area (Å²) in [6, 6.07) is 2.64. The molecule has 1 atom stereocenters. The molecule has 0 bridgehead atoms. The van der Waals surface area contributed by atoms with E-state index in [0.29, 0.717) is 41.5 Å². The van der Waals surface area contributed by atoms with E-state index in [1.807, 2.05) is 0 Å². The number of hydrogen-bond acceptors (Lipinski definition) is 4. The second-order valence-corrected chi connectivity index (χ2v) is 5.50. The monoisotopic (exact) mass is 323 g/mol. The number of halogens is 1. The first-order valence-corrected chi connectivity index (χ1v) is 7.24. The van der Waals surface area contributed by atoms with Gasteiger partial charge >= 0.3 is 5.97 Å². The van der Waals surface area contributed by atoms with E-state index in [0.717, 1.165) is 0 Å². The Bertz CT molecular complexity index is 658. The molecule has 2 aliphatic heterocycles. The van der Waals surface area contributed by atoms with Crippen LogP contribution in [0.2, 0.25) is 5.02 Å². The summed E-state index contributed by atoms with van der Waals surface area (Å²) < 4.78 is 10.5. The summed E-state index contributed by atoms with van der Waals surface area (Å²) in [5, 5.41) is 9.50. The molecule has 0 saturated carbocycles. The van der Waals surface area contributed by atoms with Gasteiger partial charge in [0.15, 0.2) is 11.5 Å². The Morgan fingerprint density at radius 1 is 1.36 bits per heavy atom. The molecule has 1 amide bonds. The van der Waals surface area contributed by atoms with Gasteiger partial charge in [0.2, 0.25) is 12.7 Å². The van der Waals surface area contributed by atoms with Gasteiger partial charge < -0.3 is 19.5 Å². The summed E-state index contributed by atoms with van der Waals surface area (Å²) in [6.07, 6.45) is 4.14. The van der Waals surface area contributed by atoms with Crippen molar-refractivity contribution in [1.29, 1.82) is 0 Å². The lowest BCUT2D eigenvalue weighted by molar-refractivity contribution is -0.146. The minimum atomic E-state index is -0.967. The molecule has 1 unspecified atom stereocenters. The molecule has 0 aromatic heterocycles. The number of hydrogen-bond donors (Lipinski definition) is 1. The van der Waals surface area contributed by atoms with Crippen molar-refractivity contribution in [2.75, 3.05) is 13.3 Å². The Hall–Kier alpha value is -2.21. The molecule has 3 rings (SSSR count). The second kappa shape index (κ2) is 5.88. The number of amides is 1. The number of carbonyl (C=O) groups is 2. The number of aliphatic carboxylic acids is 1. The van der Waals surface area contributed by atoms with Gasteiger partial charge in [0, 0.05) is 12.6 Å². The first-order chi connectivity index (χ1) is 10.6. The third-order valence-corrected chi connectivity index (χ3v) is 3.97. The lowest BCUT2D eigenvalue weighted by atomic mass is 10.1. The van der Waals surface area contributed by atoms with Crippen LogP contribution in [0.15, 0.2) is 18.2 Å². The molecule has 0 aliphatic carbocycles. The third-order valence-electron chi connectivity index (χ3n) is 3.69. The minimum absolute atomic E-state index is 0.120. The van der Waals surface area contributed by atoms with Gasteiger partial charge in [-0.3, -0.25) is 4.79 Å². The molecule has 116 valence electrons. The van der Waals surface area contributed by atoms with Crippen molar-refractivity contribution in [3.05, 3.63) is 28.8 Å². The molecule has 0 radical (unpaired) electrons. The molecule has 1 N–H and O–H groups in total. The number of fused-ring (bicyclic) bond motifs is 1. The van der Waals surface area contributed by atoms with E-state index < -0.39 is 12.0 Å². The number of nitrogens with zero attached hydrogens (tertiary/aromatic N) is 1. The quantitative estimate of drug-likeness (QED) is 0.863. The smallest absolute Gasteiger partial charge is 0.326 e. The molecule has 2 aliphatic rings. The van der Waals surface area contributed by atoms with Gasteiger partial charge in [-0.25, -0.2) is 4.79 Å². The Kier molecular flexibility index (Phi) is 3.94. The molecule has 2 heterocycles. The first-order valence-electron chi connectivity index (χ1n) is 6.87. The molecule has 7 heteroatoms. The predicted molar refractivity (Wildman–Crippen MR) is 79.0 cm³/mol. The van der Waals surface area contributed by atoms with Crippen LogP contribution in [0.25, 0.3) is 6.08 Å². The van der Waals surface area contributed by atoms with Crippen LogP contribution in [0.5, 0.6) is 11.5 Å². The number of carbonyl (C=O) groups excluding carboxylic acids is 1. The zero-order valence-corrected chi connectivity index (χ0v) is 12.4. The van der Waals surface area contributed by atoms with Crippen molar-refractivity contribution < 1.29 is 24.2 Å². The second-order valence-electron chi connectivity index (χ2n) is 5.10. The number of carboxylic acids is 1. The molecular formula is C15H14ClNO5. The maximum Gasteiger partial charge on any atom is 0.326 e. The third kappa shape index (κ3) is 2.74. The maximum atomic E-state index is 12.1. The average Bonchev–Trinajstić information content (AvgIpc) is 3.13. The van der Waals surface area contributed by atoms with Crippen LogP contribution in [0.3, 0.4) is 0 Å². The SMILES string of the molecule is O=C(O)C1CCCN1C(=O)C=Cc1cc(Cl)c2c(c1)OCO2. The molecule has 22 heavy (non-hydrogen) atoms. The lowest BCUT2D eigenvalue weighted by Crippen LogP contribution is -2.39. The maximum absolute atomic E-state index is 12.1. The number of carboxylic acid groups (broad SMARTS) is 1. The average molecular weight is 324 g/mol. The Labute approximate surface area is 131 Å². The number of likely N-dealkylation sites (tertiary alicyclic amines) is 1. The van der Waals surface area contributed by atoms with E-state index in [4.69, 9.17) is 26.2 Å². The highest BCUT2D eigenvalue weighted by Crippen LogP contribution is 2.40. The normalized spacial score (nSPS) is 19.9. The van der Waals surface area contributed by atoms with E-state index in [1.165, 1.54) is 11.0 Å². The van der Waals surface area contributed by atoms with Crippen LogP contribution in [-0.4, -0.2) is 41.3 Å². The fraction of sp³-hybridized carbons (Fsp3) is 0.333. The lowest BCUT2D eigenvalue weighted by Gasteiger charge is -2.19. The van der Waals surface area contributed by atoms with Gasteiger partial charge in [-0.15, -0.1) is 0 Å². The van der Waals surface area contributed by atoms with Crippen LogP contribution in [0, 0.1) is 0 Å². The van der Waals surface area contributed by atoms with Crippen LogP contribution < -0.4 is 9.47 Å². The molecule has 1 fully saturated rings. The first kappa shape index (κ1) is 14.7. The van der Waals surface area contributed by atoms with E-state index in [1.54, 1.807) is 18.2 Å². The van der Waals surface area contributed by atoms with Gasteiger partial charge in [-0.05, 0) is 36.6 Å². The van der Waals surface area contributed by atoms with Crippen molar-refractivity contribution in [2.45, 2.75) is 18.9 Å².